The SMILES string of the molecule is CCc1ccc(CN2CCN(CC(=O)OC(C)(C)C)CC2)cc1. The third-order valence-electron chi connectivity index (χ3n) is 4.08. The van der Waals surface area contributed by atoms with Crippen molar-refractivity contribution in [1.29, 1.82) is 0 Å². The zero-order valence-corrected chi connectivity index (χ0v) is 15.0. The molecule has 1 aromatic rings. The van der Waals surface area contributed by atoms with E-state index in [1.807, 2.05) is 20.8 Å². The molecule has 23 heavy (non-hydrogen) atoms. The Morgan fingerprint density at radius 2 is 1.52 bits per heavy atom. The van der Waals surface area contributed by atoms with Crippen molar-refractivity contribution in [3.05, 3.63) is 35.4 Å². The van der Waals surface area contributed by atoms with Gasteiger partial charge in [0.05, 0.1) is 6.54 Å². The van der Waals surface area contributed by atoms with E-state index in [2.05, 4.69) is 41.0 Å². The lowest BCUT2D eigenvalue weighted by Gasteiger charge is -2.34. The van der Waals surface area contributed by atoms with Crippen LogP contribution >= 0.6 is 0 Å². The first-order valence-electron chi connectivity index (χ1n) is 8.60. The largest absolute Gasteiger partial charge is 0.459 e. The van der Waals surface area contributed by atoms with Crippen LogP contribution < -0.4 is 0 Å². The lowest BCUT2D eigenvalue weighted by atomic mass is 10.1. The minimum Gasteiger partial charge on any atom is -0.459 e. The van der Waals surface area contributed by atoms with E-state index in [0.29, 0.717) is 6.54 Å². The van der Waals surface area contributed by atoms with Gasteiger partial charge in [-0.1, -0.05) is 31.2 Å². The molecule has 1 aliphatic heterocycles. The summed E-state index contributed by atoms with van der Waals surface area (Å²) >= 11 is 0. The number of esters is 1. The molecule has 0 spiro atoms. The molecule has 1 aromatic carbocycles. The van der Waals surface area contributed by atoms with Gasteiger partial charge in [0, 0.05) is 32.7 Å². The molecule has 0 radical (unpaired) electrons. The maximum Gasteiger partial charge on any atom is 0.320 e. The van der Waals surface area contributed by atoms with Crippen molar-refractivity contribution < 1.29 is 9.53 Å². The van der Waals surface area contributed by atoms with Crippen molar-refractivity contribution in [1.82, 2.24) is 9.80 Å². The van der Waals surface area contributed by atoms with Crippen molar-refractivity contribution in [3.63, 3.8) is 0 Å². The van der Waals surface area contributed by atoms with Crippen LogP contribution in [-0.2, 0) is 22.5 Å². The summed E-state index contributed by atoms with van der Waals surface area (Å²) in [6.45, 7) is 13.1. The Morgan fingerprint density at radius 1 is 1.00 bits per heavy atom. The molecule has 1 heterocycles. The summed E-state index contributed by atoms with van der Waals surface area (Å²) < 4.78 is 5.39. The average molecular weight is 318 g/mol. The number of carbonyl (C=O) groups is 1. The minimum atomic E-state index is -0.399. The third-order valence-corrected chi connectivity index (χ3v) is 4.08. The predicted molar refractivity (Wildman–Crippen MR) is 93.4 cm³/mol. The minimum absolute atomic E-state index is 0.124. The number of rotatable bonds is 5. The molecule has 0 N–H and O–H groups in total. The Labute approximate surface area is 140 Å². The van der Waals surface area contributed by atoms with E-state index in [4.69, 9.17) is 4.74 Å². The third kappa shape index (κ3) is 6.32. The molecule has 0 aliphatic carbocycles. The van der Waals surface area contributed by atoms with Gasteiger partial charge in [0.1, 0.15) is 5.60 Å². The van der Waals surface area contributed by atoms with Gasteiger partial charge < -0.3 is 4.74 Å². The lowest BCUT2D eigenvalue weighted by Crippen LogP contribution is -2.48. The van der Waals surface area contributed by atoms with Gasteiger partial charge in [0.2, 0.25) is 0 Å². The van der Waals surface area contributed by atoms with Crippen LogP contribution in [0.2, 0.25) is 0 Å². The fraction of sp³-hybridized carbons (Fsp3) is 0.632. The standard InChI is InChI=1S/C19H30N2O2/c1-5-16-6-8-17(9-7-16)14-20-10-12-21(13-11-20)15-18(22)23-19(2,3)4/h6-9H,5,10-15H2,1-4H3. The van der Waals surface area contributed by atoms with Crippen LogP contribution in [0.3, 0.4) is 0 Å². The average Bonchev–Trinajstić information content (AvgIpc) is 2.48. The number of carbonyl (C=O) groups excluding carboxylic acids is 1. The molecule has 0 amide bonds. The van der Waals surface area contributed by atoms with E-state index in [0.717, 1.165) is 39.1 Å². The van der Waals surface area contributed by atoms with Gasteiger partial charge in [-0.25, -0.2) is 0 Å². The van der Waals surface area contributed by atoms with Crippen molar-refractivity contribution >= 4 is 5.97 Å². The first kappa shape index (κ1) is 18.0. The number of piperazine rings is 1. The van der Waals surface area contributed by atoms with Crippen LogP contribution in [0, 0.1) is 0 Å². The molecule has 1 saturated heterocycles. The van der Waals surface area contributed by atoms with Crippen LogP contribution in [0.1, 0.15) is 38.8 Å². The number of aryl methyl sites for hydroxylation is 1. The van der Waals surface area contributed by atoms with Gasteiger partial charge in [-0.2, -0.15) is 0 Å². The van der Waals surface area contributed by atoms with Gasteiger partial charge in [-0.05, 0) is 38.3 Å². The van der Waals surface area contributed by atoms with E-state index < -0.39 is 5.60 Å². The number of hydrogen-bond acceptors (Lipinski definition) is 4. The van der Waals surface area contributed by atoms with Crippen molar-refractivity contribution in [2.24, 2.45) is 0 Å². The van der Waals surface area contributed by atoms with E-state index in [9.17, 15) is 4.79 Å². The lowest BCUT2D eigenvalue weighted by molar-refractivity contribution is -0.156. The first-order valence-corrected chi connectivity index (χ1v) is 8.60. The maximum absolute atomic E-state index is 11.9. The number of ether oxygens (including phenoxy) is 1. The Bertz CT molecular complexity index is 497. The molecule has 0 unspecified atom stereocenters. The summed E-state index contributed by atoms with van der Waals surface area (Å²) in [7, 11) is 0. The quantitative estimate of drug-likeness (QED) is 0.782. The van der Waals surface area contributed by atoms with Crippen LogP contribution in [0.4, 0.5) is 0 Å². The highest BCUT2D eigenvalue weighted by Gasteiger charge is 2.22. The molecule has 4 heteroatoms. The summed E-state index contributed by atoms with van der Waals surface area (Å²) in [5.41, 5.74) is 2.35. The van der Waals surface area contributed by atoms with Gasteiger partial charge in [-0.15, -0.1) is 0 Å². The predicted octanol–water partition coefficient (Wildman–Crippen LogP) is 2.71. The van der Waals surface area contributed by atoms with Crippen LogP contribution in [0.15, 0.2) is 24.3 Å². The Morgan fingerprint density at radius 3 is 2.04 bits per heavy atom. The zero-order valence-electron chi connectivity index (χ0n) is 15.0. The molecule has 1 aliphatic rings. The topological polar surface area (TPSA) is 32.8 Å². The van der Waals surface area contributed by atoms with Crippen molar-refractivity contribution in [2.75, 3.05) is 32.7 Å². The molecule has 1 fully saturated rings. The number of nitrogens with zero attached hydrogens (tertiary/aromatic N) is 2. The van der Waals surface area contributed by atoms with E-state index in [-0.39, 0.29) is 5.97 Å². The highest BCUT2D eigenvalue weighted by molar-refractivity contribution is 5.72. The van der Waals surface area contributed by atoms with Crippen LogP contribution in [-0.4, -0.2) is 54.1 Å². The second-order valence-electron chi connectivity index (χ2n) is 7.31. The second kappa shape index (κ2) is 7.93. The van der Waals surface area contributed by atoms with Gasteiger partial charge in [-0.3, -0.25) is 14.6 Å². The Hall–Kier alpha value is -1.39. The summed E-state index contributed by atoms with van der Waals surface area (Å²) in [5, 5.41) is 0. The molecule has 2 rings (SSSR count). The second-order valence-corrected chi connectivity index (χ2v) is 7.31. The molecule has 0 bridgehead atoms. The molecule has 128 valence electrons. The fourth-order valence-corrected chi connectivity index (χ4v) is 2.80. The van der Waals surface area contributed by atoms with Crippen molar-refractivity contribution in [3.8, 4) is 0 Å². The summed E-state index contributed by atoms with van der Waals surface area (Å²) in [6.07, 6.45) is 1.09. The molecule has 4 nitrogen and oxygen atoms in total. The monoisotopic (exact) mass is 318 g/mol. The number of benzene rings is 1. The van der Waals surface area contributed by atoms with Crippen LogP contribution in [0.25, 0.3) is 0 Å². The van der Waals surface area contributed by atoms with Gasteiger partial charge in [0.25, 0.3) is 0 Å². The van der Waals surface area contributed by atoms with Gasteiger partial charge in [0.15, 0.2) is 0 Å². The zero-order chi connectivity index (χ0) is 16.9. The molecule has 0 aromatic heterocycles. The van der Waals surface area contributed by atoms with Crippen LogP contribution in [0.5, 0.6) is 0 Å². The highest BCUT2D eigenvalue weighted by Crippen LogP contribution is 2.12. The Kier molecular flexibility index (Phi) is 6.19. The molecular formula is C19H30N2O2. The summed E-state index contributed by atoms with van der Waals surface area (Å²) in [4.78, 5) is 16.5. The van der Waals surface area contributed by atoms with E-state index >= 15 is 0 Å². The normalized spacial score (nSPS) is 17.2. The molecule has 0 atom stereocenters. The number of hydrogen-bond donors (Lipinski definition) is 0. The first-order chi connectivity index (χ1) is 10.9. The smallest absolute Gasteiger partial charge is 0.320 e. The highest BCUT2D eigenvalue weighted by atomic mass is 16.6. The van der Waals surface area contributed by atoms with E-state index in [1.54, 1.807) is 0 Å². The fourth-order valence-electron chi connectivity index (χ4n) is 2.80. The molecular weight excluding hydrogens is 288 g/mol. The van der Waals surface area contributed by atoms with Crippen molar-refractivity contribution in [2.45, 2.75) is 46.3 Å². The maximum atomic E-state index is 11.9. The molecule has 0 saturated carbocycles. The summed E-state index contributed by atoms with van der Waals surface area (Å²) in [5.74, 6) is -0.124. The van der Waals surface area contributed by atoms with E-state index in [1.165, 1.54) is 11.1 Å². The summed E-state index contributed by atoms with van der Waals surface area (Å²) in [6, 6.07) is 8.89. The van der Waals surface area contributed by atoms with Gasteiger partial charge >= 0.3 is 5.97 Å². The Balaban J connectivity index is 1.74.